The second kappa shape index (κ2) is 40.1. The Morgan fingerprint density at radius 2 is 0.351 bits per heavy atom. The van der Waals surface area contributed by atoms with E-state index in [0.717, 1.165) is 0 Å². The first kappa shape index (κ1) is 83.3. The van der Waals surface area contributed by atoms with Gasteiger partial charge in [-0.05, 0) is 300 Å². The van der Waals surface area contributed by atoms with Crippen molar-refractivity contribution in [3.63, 3.8) is 0 Å². The lowest BCUT2D eigenvalue weighted by Gasteiger charge is -2.13. The van der Waals surface area contributed by atoms with Crippen LogP contribution in [0.4, 0.5) is 0 Å². The lowest BCUT2D eigenvalue weighted by molar-refractivity contribution is 1.30. The van der Waals surface area contributed by atoms with Gasteiger partial charge in [0, 0.05) is 0 Å². The second-order valence-corrected chi connectivity index (χ2v) is 30.7. The van der Waals surface area contributed by atoms with Crippen molar-refractivity contribution in [2.45, 2.75) is 145 Å². The molecule has 0 radical (unpaired) electrons. The van der Waals surface area contributed by atoms with Crippen LogP contribution in [0, 0.1) is 145 Å². The van der Waals surface area contributed by atoms with Gasteiger partial charge in [-0.25, -0.2) is 0 Å². The molecular weight excluding hydrogens is 1330 g/mol. The highest BCUT2D eigenvalue weighted by molar-refractivity contribution is 6.07. The third kappa shape index (κ3) is 23.9. The van der Waals surface area contributed by atoms with Gasteiger partial charge >= 0.3 is 0 Å². The van der Waals surface area contributed by atoms with Crippen molar-refractivity contribution in [2.75, 3.05) is 0 Å². The minimum Gasteiger partial charge on any atom is -0.0617 e. The van der Waals surface area contributed by atoms with Crippen LogP contribution in [0.15, 0.2) is 322 Å². The Hall–Kier alpha value is -11.7. The number of hydrogen-bond acceptors (Lipinski definition) is 0. The van der Waals surface area contributed by atoms with E-state index in [4.69, 9.17) is 0 Å². The Kier molecular flexibility index (Phi) is 30.1. The molecule has 0 heterocycles. The molecule has 0 saturated carbocycles. The summed E-state index contributed by atoms with van der Waals surface area (Å²) in [5.41, 5.74) is 33.5. The standard InChI is InChI=1S/C22H18.C16H14.C14H14.C13H14.C12H12.2C9H12.2C8H10/c1-15-11-13-21(19-9-5-3-7-17(15)19)22-14-12-16(2)18-8-4-6-10-20(18)22;1-11-7-8-12(2)16-10-14-6-4-3-5-13(14)9-15(11)16;1-11-3-7-13(8-4-11)14-9-5-12(2)6-10-14;1-9-4-7-12-10(2)5-6-11(3)13(12)8-9;1-9-7-8-10(2)12-6-4-3-5-11(9)12;1-7-4-8(2)6-9(3)5-7;1-7-4-5-8(2)9(3)6-7;1-7-3-5-8(2)6-4-7;1-7-4-3-5-8(2)6-7/h3-14H,1-2H3;3-10H,1-2H3;3-10H,1-2H3;4-8H,1-3H3;3-8H,1-2H3;2*4-6H,1-3H3;2*3-6H,1-2H3. The van der Waals surface area contributed by atoms with Crippen LogP contribution in [0.3, 0.4) is 0 Å². The van der Waals surface area contributed by atoms with Crippen LogP contribution >= 0.6 is 0 Å². The Balaban J connectivity index is 0.000000146. The van der Waals surface area contributed by atoms with Crippen molar-refractivity contribution >= 4 is 64.6 Å². The molecule has 0 saturated heterocycles. The zero-order valence-electron chi connectivity index (χ0n) is 70.1. The summed E-state index contributed by atoms with van der Waals surface area (Å²) in [5, 5.41) is 16.2. The van der Waals surface area contributed by atoms with Gasteiger partial charge in [0.15, 0.2) is 0 Å². The van der Waals surface area contributed by atoms with Crippen LogP contribution in [-0.2, 0) is 0 Å². The highest BCUT2D eigenvalue weighted by Crippen LogP contribution is 2.37. The lowest BCUT2D eigenvalue weighted by Crippen LogP contribution is -1.87. The van der Waals surface area contributed by atoms with Gasteiger partial charge in [0.1, 0.15) is 0 Å². The van der Waals surface area contributed by atoms with Gasteiger partial charge in [-0.3, -0.25) is 0 Å². The van der Waals surface area contributed by atoms with E-state index < -0.39 is 0 Å². The topological polar surface area (TPSA) is 0 Å². The quantitative estimate of drug-likeness (QED) is 0.151. The van der Waals surface area contributed by atoms with Gasteiger partial charge in [0.25, 0.3) is 0 Å². The van der Waals surface area contributed by atoms with E-state index >= 15 is 0 Å². The van der Waals surface area contributed by atoms with Crippen molar-refractivity contribution in [1.82, 2.24) is 0 Å². The average Bonchev–Trinajstić information content (AvgIpc) is 0.797. The summed E-state index contributed by atoms with van der Waals surface area (Å²) in [4.78, 5) is 0. The van der Waals surface area contributed by atoms with Crippen LogP contribution in [-0.4, -0.2) is 0 Å². The number of fused-ring (bicyclic) bond motifs is 6. The van der Waals surface area contributed by atoms with Gasteiger partial charge in [-0.1, -0.05) is 371 Å². The molecule has 17 aromatic carbocycles. The molecule has 0 nitrogen and oxygen atoms in total. The third-order valence-corrected chi connectivity index (χ3v) is 20.7. The van der Waals surface area contributed by atoms with E-state index in [1.54, 1.807) is 0 Å². The molecule has 0 aliphatic rings. The number of hydrogen-bond donors (Lipinski definition) is 0. The Morgan fingerprint density at radius 1 is 0.117 bits per heavy atom. The van der Waals surface area contributed by atoms with Crippen molar-refractivity contribution in [2.24, 2.45) is 0 Å². The maximum absolute atomic E-state index is 2.30. The molecule has 0 aliphatic carbocycles. The zero-order valence-corrected chi connectivity index (χ0v) is 70.1. The third-order valence-electron chi connectivity index (χ3n) is 20.7. The zero-order chi connectivity index (χ0) is 79.8. The average molecular weight is 1450 g/mol. The second-order valence-electron chi connectivity index (χ2n) is 30.7. The minimum atomic E-state index is 1.29. The Morgan fingerprint density at radius 3 is 0.676 bits per heavy atom. The van der Waals surface area contributed by atoms with E-state index in [1.165, 1.54) is 204 Å². The maximum Gasteiger partial charge on any atom is -0.00990 e. The lowest BCUT2D eigenvalue weighted by atomic mass is 9.91. The molecule has 17 rings (SSSR count). The first-order valence-electron chi connectivity index (χ1n) is 39.3. The van der Waals surface area contributed by atoms with Crippen molar-refractivity contribution < 1.29 is 0 Å². The fraction of sp³-hybridized carbons (Fsp3) is 0.189. The maximum atomic E-state index is 2.30. The van der Waals surface area contributed by atoms with E-state index in [1.807, 2.05) is 0 Å². The smallest absolute Gasteiger partial charge is 0.00990 e. The molecule has 0 aliphatic heterocycles. The molecule has 111 heavy (non-hydrogen) atoms. The predicted octanol–water partition coefficient (Wildman–Crippen LogP) is 31.9. The van der Waals surface area contributed by atoms with Gasteiger partial charge in [-0.2, -0.15) is 0 Å². The van der Waals surface area contributed by atoms with Crippen LogP contribution in [0.1, 0.15) is 117 Å². The number of benzene rings is 17. The normalized spacial score (nSPS) is 10.4. The monoisotopic (exact) mass is 1450 g/mol. The number of rotatable bonds is 2. The fourth-order valence-corrected chi connectivity index (χ4v) is 14.1. The molecule has 0 N–H and O–H groups in total. The Labute approximate surface area is 666 Å². The summed E-state index contributed by atoms with van der Waals surface area (Å²) in [7, 11) is 0. The minimum absolute atomic E-state index is 1.29. The van der Waals surface area contributed by atoms with E-state index in [2.05, 4.69) is 467 Å². The molecule has 0 aromatic heterocycles. The van der Waals surface area contributed by atoms with E-state index in [9.17, 15) is 0 Å². The van der Waals surface area contributed by atoms with Crippen LogP contribution in [0.2, 0.25) is 0 Å². The first-order chi connectivity index (χ1) is 53.2. The largest absolute Gasteiger partial charge is 0.0617 e. The summed E-state index contributed by atoms with van der Waals surface area (Å²) in [6.45, 7) is 44.9. The van der Waals surface area contributed by atoms with Crippen LogP contribution < -0.4 is 0 Å². The van der Waals surface area contributed by atoms with Gasteiger partial charge in [0.05, 0.1) is 0 Å². The van der Waals surface area contributed by atoms with Crippen molar-refractivity contribution in [3.05, 3.63) is 438 Å². The van der Waals surface area contributed by atoms with Crippen LogP contribution in [0.25, 0.3) is 86.9 Å². The predicted molar refractivity (Wildman–Crippen MR) is 493 cm³/mol. The highest BCUT2D eigenvalue weighted by atomic mass is 14.1. The molecule has 17 aromatic rings. The van der Waals surface area contributed by atoms with Gasteiger partial charge in [-0.15, -0.1) is 0 Å². The summed E-state index contributed by atoms with van der Waals surface area (Å²) in [6.07, 6.45) is 0. The van der Waals surface area contributed by atoms with Crippen molar-refractivity contribution in [1.29, 1.82) is 0 Å². The summed E-state index contributed by atoms with van der Waals surface area (Å²) < 4.78 is 0. The summed E-state index contributed by atoms with van der Waals surface area (Å²) in [6, 6.07) is 115. The van der Waals surface area contributed by atoms with Crippen LogP contribution in [0.5, 0.6) is 0 Å². The fourth-order valence-electron chi connectivity index (χ4n) is 14.1. The van der Waals surface area contributed by atoms with Gasteiger partial charge < -0.3 is 0 Å². The molecule has 0 atom stereocenters. The van der Waals surface area contributed by atoms with Crippen molar-refractivity contribution in [3.8, 4) is 22.3 Å². The molecule has 0 fully saturated rings. The molecule has 0 bridgehead atoms. The summed E-state index contributed by atoms with van der Waals surface area (Å²) >= 11 is 0. The molecule has 0 amide bonds. The SMILES string of the molecule is Cc1cc(C)cc(C)c1.Cc1ccc(-c2ccc(C)c3ccccc23)c2ccccc12.Cc1ccc(-c2ccc(C)cc2)cc1.Cc1ccc(C)c(C)c1.Cc1ccc(C)c2cc3ccccc3cc12.Cc1ccc(C)c2ccccc12.Cc1ccc(C)cc1.Cc1ccc2c(C)ccc(C)c2c1.Cc1cccc(C)c1. The van der Waals surface area contributed by atoms with Gasteiger partial charge in [0.2, 0.25) is 0 Å². The van der Waals surface area contributed by atoms with E-state index in [-0.39, 0.29) is 0 Å². The number of aryl methyl sites for hydroxylation is 21. The Bertz CT molecular complexity index is 5600. The first-order valence-corrected chi connectivity index (χ1v) is 39.3. The summed E-state index contributed by atoms with van der Waals surface area (Å²) in [5.74, 6) is 0. The highest BCUT2D eigenvalue weighted by Gasteiger charge is 2.11. The molecule has 0 unspecified atom stereocenters. The molecule has 0 spiro atoms. The molecule has 0 heteroatoms. The van der Waals surface area contributed by atoms with E-state index in [0.29, 0.717) is 0 Å². The molecule has 560 valence electrons. The molecular formula is C111H116.